The summed E-state index contributed by atoms with van der Waals surface area (Å²) in [5.41, 5.74) is 1.72. The van der Waals surface area contributed by atoms with E-state index < -0.39 is 8.32 Å². The van der Waals surface area contributed by atoms with Gasteiger partial charge in [-0.3, -0.25) is 4.79 Å². The minimum atomic E-state index is -1.60. The van der Waals surface area contributed by atoms with Crippen LogP contribution in [0.25, 0.3) is 0 Å². The zero-order valence-electron chi connectivity index (χ0n) is 18.8. The smallest absolute Gasteiger partial charge is 0.184 e. The van der Waals surface area contributed by atoms with Gasteiger partial charge in [0.1, 0.15) is 5.78 Å². The summed E-state index contributed by atoms with van der Waals surface area (Å²) in [6.45, 7) is 11.8. The number of carbonyl (C=O) groups is 1. The van der Waals surface area contributed by atoms with Crippen LogP contribution in [0.4, 0.5) is 0 Å². The fourth-order valence-electron chi connectivity index (χ4n) is 7.76. The number of ketones is 1. The molecule has 1 aliphatic heterocycles. The molecule has 4 unspecified atom stereocenters. The molecule has 4 aliphatic carbocycles. The molecule has 5 heteroatoms. The molecule has 0 aromatic rings. The number of carbonyl (C=O) groups excluding carboxylic acids is 1. The molecule has 0 N–H and O–H groups in total. The van der Waals surface area contributed by atoms with Crippen LogP contribution in [-0.4, -0.2) is 35.8 Å². The van der Waals surface area contributed by atoms with Crippen LogP contribution >= 0.6 is 23.5 Å². The lowest BCUT2D eigenvalue weighted by atomic mass is 9.49. The summed E-state index contributed by atoms with van der Waals surface area (Å²) in [7, 11) is -1.60. The predicted octanol–water partition coefficient (Wildman–Crippen LogP) is 6.38. The van der Waals surface area contributed by atoms with Gasteiger partial charge in [0.25, 0.3) is 0 Å². The van der Waals surface area contributed by atoms with Crippen LogP contribution in [0.15, 0.2) is 11.6 Å². The highest BCUT2D eigenvalue weighted by Gasteiger charge is 2.62. The van der Waals surface area contributed by atoms with Gasteiger partial charge in [0.05, 0.1) is 10.2 Å². The topological polar surface area (TPSA) is 26.3 Å². The van der Waals surface area contributed by atoms with E-state index in [0.29, 0.717) is 45.6 Å². The lowest BCUT2D eigenvalue weighted by molar-refractivity contribution is -0.145. The Labute approximate surface area is 186 Å². The van der Waals surface area contributed by atoms with Gasteiger partial charge in [-0.2, -0.15) is 0 Å². The molecule has 0 bridgehead atoms. The first kappa shape index (κ1) is 21.1. The largest absolute Gasteiger partial charge is 0.414 e. The Morgan fingerprint density at radius 2 is 1.86 bits per heavy atom. The minimum absolute atomic E-state index is 0.0705. The van der Waals surface area contributed by atoms with Crippen molar-refractivity contribution in [1.82, 2.24) is 0 Å². The number of Topliss-reactive ketones (excluding diaryl/α,β-unsaturated/α-hetero) is 1. The molecule has 7 atom stereocenters. The number of fused-ring (bicyclic) bond motifs is 5. The maximum Gasteiger partial charge on any atom is 0.184 e. The Morgan fingerprint density at radius 1 is 1.14 bits per heavy atom. The van der Waals surface area contributed by atoms with Gasteiger partial charge in [-0.25, -0.2) is 0 Å². The lowest BCUT2D eigenvalue weighted by Gasteiger charge is -2.56. The van der Waals surface area contributed by atoms with E-state index in [0.717, 1.165) is 6.42 Å². The van der Waals surface area contributed by atoms with Crippen molar-refractivity contribution in [3.05, 3.63) is 11.6 Å². The van der Waals surface area contributed by atoms with Crippen LogP contribution in [0, 0.1) is 35.0 Å². The molecule has 1 spiro atoms. The van der Waals surface area contributed by atoms with Crippen molar-refractivity contribution in [1.29, 1.82) is 0 Å². The molecule has 3 saturated carbocycles. The third kappa shape index (κ3) is 3.45. The van der Waals surface area contributed by atoms with E-state index in [2.05, 4.69) is 63.1 Å². The summed E-state index contributed by atoms with van der Waals surface area (Å²) in [6.07, 6.45) is 9.88. The van der Waals surface area contributed by atoms with Crippen molar-refractivity contribution in [2.45, 2.75) is 82.2 Å². The Kier molecular flexibility index (Phi) is 5.21. The summed E-state index contributed by atoms with van der Waals surface area (Å²) in [4.78, 5) is 13.7. The Hall–Kier alpha value is 0.287. The molecule has 0 aromatic carbocycles. The molecule has 1 saturated heterocycles. The molecular formula is C24H38O2S2Si. The van der Waals surface area contributed by atoms with Crippen molar-refractivity contribution in [2.24, 2.45) is 35.0 Å². The zero-order chi connectivity index (χ0) is 20.6. The summed E-state index contributed by atoms with van der Waals surface area (Å²) < 4.78 is 7.02. The first-order valence-electron chi connectivity index (χ1n) is 11.8. The van der Waals surface area contributed by atoms with E-state index in [1.807, 2.05) is 0 Å². The number of thioether (sulfide) groups is 2. The molecular weight excluding hydrogens is 412 g/mol. The SMILES string of the molecule is C[C@@H]1CC2=CC3(CCC2C2C(=O)C[C@@]4(C)C(CC[C@@H]4O[Si](C)(C)C)C21)SCCS3. The summed E-state index contributed by atoms with van der Waals surface area (Å²) in [6, 6.07) is 0. The second-order valence-corrected chi connectivity index (χ2v) is 19.3. The minimum Gasteiger partial charge on any atom is -0.414 e. The highest BCUT2D eigenvalue weighted by atomic mass is 32.2. The van der Waals surface area contributed by atoms with Gasteiger partial charge in [-0.15, -0.1) is 23.5 Å². The van der Waals surface area contributed by atoms with E-state index in [-0.39, 0.29) is 5.41 Å². The van der Waals surface area contributed by atoms with E-state index in [4.69, 9.17) is 4.43 Å². The number of allylic oxidation sites excluding steroid dienone is 1. The van der Waals surface area contributed by atoms with E-state index >= 15 is 0 Å². The third-order valence-electron chi connectivity index (χ3n) is 8.73. The van der Waals surface area contributed by atoms with Crippen LogP contribution in [0.3, 0.4) is 0 Å². The highest BCUT2D eigenvalue weighted by Crippen LogP contribution is 2.64. The maximum atomic E-state index is 13.7. The Morgan fingerprint density at radius 3 is 2.55 bits per heavy atom. The standard InChI is InChI=1S/C24H38O2S2Si/c1-15-12-16-13-24(27-10-11-28-24)9-8-17(16)22-19(25)14-23(2)18(21(15)22)6-7-20(23)26-29(3,4)5/h13,15,17-18,20-22H,6-12,14H2,1-5H3/t15-,17?,18?,20+,21?,22?,23+/m1/s1. The van der Waals surface area contributed by atoms with E-state index in [9.17, 15) is 4.79 Å². The lowest BCUT2D eigenvalue weighted by Crippen LogP contribution is -2.55. The monoisotopic (exact) mass is 450 g/mol. The number of rotatable bonds is 2. The molecule has 4 fully saturated rings. The van der Waals surface area contributed by atoms with Gasteiger partial charge in [0, 0.05) is 29.3 Å². The molecule has 5 rings (SSSR count). The van der Waals surface area contributed by atoms with Crippen molar-refractivity contribution < 1.29 is 9.22 Å². The maximum absolute atomic E-state index is 13.7. The normalized spacial score (nSPS) is 46.2. The average molecular weight is 451 g/mol. The van der Waals surface area contributed by atoms with Gasteiger partial charge < -0.3 is 4.43 Å². The van der Waals surface area contributed by atoms with Crippen LogP contribution < -0.4 is 0 Å². The second kappa shape index (κ2) is 7.15. The van der Waals surface area contributed by atoms with Crippen LogP contribution in [-0.2, 0) is 9.22 Å². The fourth-order valence-corrected chi connectivity index (χ4v) is 12.2. The molecule has 5 aliphatic rings. The van der Waals surface area contributed by atoms with Gasteiger partial charge in [-0.1, -0.05) is 25.5 Å². The molecule has 0 aromatic heterocycles. The number of hydrogen-bond donors (Lipinski definition) is 0. The van der Waals surface area contributed by atoms with Gasteiger partial charge >= 0.3 is 0 Å². The highest BCUT2D eigenvalue weighted by molar-refractivity contribution is 8.21. The molecule has 2 nitrogen and oxygen atoms in total. The quantitative estimate of drug-likeness (QED) is 0.360. The average Bonchev–Trinajstić information content (AvgIpc) is 3.18. The van der Waals surface area contributed by atoms with Crippen molar-refractivity contribution in [3.8, 4) is 0 Å². The third-order valence-corrected chi connectivity index (χ3v) is 13.1. The fraction of sp³-hybridized carbons (Fsp3) is 0.875. The zero-order valence-corrected chi connectivity index (χ0v) is 21.5. The summed E-state index contributed by atoms with van der Waals surface area (Å²) >= 11 is 4.32. The first-order valence-corrected chi connectivity index (χ1v) is 17.2. The molecule has 0 amide bonds. The van der Waals surface area contributed by atoms with Crippen LogP contribution in [0.2, 0.25) is 19.6 Å². The van der Waals surface area contributed by atoms with Crippen molar-refractivity contribution in [2.75, 3.05) is 11.5 Å². The van der Waals surface area contributed by atoms with Crippen molar-refractivity contribution in [3.63, 3.8) is 0 Å². The van der Waals surface area contributed by atoms with Crippen molar-refractivity contribution >= 4 is 37.6 Å². The first-order chi connectivity index (χ1) is 13.6. The van der Waals surface area contributed by atoms with E-state index in [1.54, 1.807) is 5.57 Å². The second-order valence-electron chi connectivity index (χ2n) is 11.7. The van der Waals surface area contributed by atoms with Gasteiger partial charge in [0.2, 0.25) is 0 Å². The molecule has 162 valence electrons. The predicted molar refractivity (Wildman–Crippen MR) is 128 cm³/mol. The Bertz CT molecular complexity index is 723. The van der Waals surface area contributed by atoms with Gasteiger partial charge in [-0.05, 0) is 75.4 Å². The molecule has 0 radical (unpaired) electrons. The molecule has 29 heavy (non-hydrogen) atoms. The summed E-state index contributed by atoms with van der Waals surface area (Å²) in [5, 5.41) is 0. The van der Waals surface area contributed by atoms with Crippen LogP contribution in [0.5, 0.6) is 0 Å². The van der Waals surface area contributed by atoms with E-state index in [1.165, 1.54) is 43.6 Å². The van der Waals surface area contributed by atoms with Crippen LogP contribution in [0.1, 0.15) is 52.4 Å². The summed E-state index contributed by atoms with van der Waals surface area (Å²) in [5.74, 6) is 5.88. The number of hydrogen-bond acceptors (Lipinski definition) is 4. The Balaban J connectivity index is 1.45. The molecule has 1 heterocycles. The van der Waals surface area contributed by atoms with Gasteiger partial charge in [0.15, 0.2) is 8.32 Å².